The smallest absolute Gasteiger partial charge is 0.174 e. The Kier molecular flexibility index (Phi) is 2.72. The monoisotopic (exact) mass is 254 g/mol. The van der Waals surface area contributed by atoms with E-state index in [1.54, 1.807) is 41.4 Å². The number of pyridine rings is 1. The molecule has 5 heteroatoms. The van der Waals surface area contributed by atoms with Gasteiger partial charge in [0.05, 0.1) is 0 Å². The van der Waals surface area contributed by atoms with Crippen molar-refractivity contribution in [1.82, 2.24) is 14.5 Å². The van der Waals surface area contributed by atoms with Gasteiger partial charge in [-0.25, -0.2) is 14.4 Å². The Balaban J connectivity index is 2.16. The Bertz CT molecular complexity index is 721. The molecule has 0 bridgehead atoms. The van der Waals surface area contributed by atoms with Gasteiger partial charge in [0.15, 0.2) is 11.6 Å². The lowest BCUT2D eigenvalue weighted by molar-refractivity contribution is 0.610. The molecule has 2 heterocycles. The Hall–Kier alpha value is -2.69. The van der Waals surface area contributed by atoms with Gasteiger partial charge in [0.1, 0.15) is 5.82 Å². The Labute approximate surface area is 109 Å². The van der Waals surface area contributed by atoms with Crippen molar-refractivity contribution in [2.24, 2.45) is 0 Å². The number of benzene rings is 1. The first-order valence-corrected chi connectivity index (χ1v) is 5.76. The van der Waals surface area contributed by atoms with Crippen molar-refractivity contribution in [2.75, 3.05) is 5.73 Å². The molecule has 0 aliphatic heterocycles. The number of hydrogen-bond donors (Lipinski definition) is 1. The van der Waals surface area contributed by atoms with Gasteiger partial charge in [0, 0.05) is 29.8 Å². The van der Waals surface area contributed by atoms with Gasteiger partial charge in [0.25, 0.3) is 0 Å². The van der Waals surface area contributed by atoms with E-state index in [4.69, 9.17) is 5.73 Å². The number of aromatic nitrogens is 3. The highest BCUT2D eigenvalue weighted by Crippen LogP contribution is 2.23. The molecule has 2 N–H and O–H groups in total. The fourth-order valence-electron chi connectivity index (χ4n) is 1.92. The zero-order chi connectivity index (χ0) is 13.2. The van der Waals surface area contributed by atoms with E-state index in [0.29, 0.717) is 11.5 Å². The minimum atomic E-state index is -0.398. The van der Waals surface area contributed by atoms with E-state index in [-0.39, 0.29) is 5.82 Å². The normalized spacial score (nSPS) is 10.6. The molecule has 3 aromatic rings. The van der Waals surface area contributed by atoms with Crippen LogP contribution in [0, 0.1) is 5.82 Å². The SMILES string of the molecule is Nc1cccc(-c2nccn2-c2ncccc2F)c1. The molecule has 2 aromatic heterocycles. The Morgan fingerprint density at radius 3 is 2.74 bits per heavy atom. The van der Waals surface area contributed by atoms with Crippen molar-refractivity contribution in [1.29, 1.82) is 0 Å². The van der Waals surface area contributed by atoms with E-state index in [2.05, 4.69) is 9.97 Å². The maximum Gasteiger partial charge on any atom is 0.174 e. The van der Waals surface area contributed by atoms with Crippen LogP contribution in [0.2, 0.25) is 0 Å². The molecule has 0 aliphatic rings. The van der Waals surface area contributed by atoms with Gasteiger partial charge in [-0.1, -0.05) is 12.1 Å². The summed E-state index contributed by atoms with van der Waals surface area (Å²) in [7, 11) is 0. The van der Waals surface area contributed by atoms with Crippen molar-refractivity contribution in [3.05, 3.63) is 60.8 Å². The van der Waals surface area contributed by atoms with Gasteiger partial charge in [-0.15, -0.1) is 0 Å². The maximum atomic E-state index is 13.8. The van der Waals surface area contributed by atoms with Crippen LogP contribution in [0.15, 0.2) is 55.0 Å². The van der Waals surface area contributed by atoms with Crippen LogP contribution in [-0.2, 0) is 0 Å². The predicted octanol–water partition coefficient (Wildman–Crippen LogP) is 2.66. The molecule has 0 radical (unpaired) electrons. The largest absolute Gasteiger partial charge is 0.399 e. The molecule has 0 aliphatic carbocycles. The molecule has 0 amide bonds. The summed E-state index contributed by atoms with van der Waals surface area (Å²) in [4.78, 5) is 8.29. The highest BCUT2D eigenvalue weighted by atomic mass is 19.1. The zero-order valence-electron chi connectivity index (χ0n) is 9.99. The molecule has 4 nitrogen and oxygen atoms in total. The number of nitrogens with zero attached hydrogens (tertiary/aromatic N) is 3. The Morgan fingerprint density at radius 1 is 1.05 bits per heavy atom. The lowest BCUT2D eigenvalue weighted by Crippen LogP contribution is -2.02. The van der Waals surface area contributed by atoms with Crippen molar-refractivity contribution in [3.63, 3.8) is 0 Å². The number of imidazole rings is 1. The van der Waals surface area contributed by atoms with E-state index >= 15 is 0 Å². The number of hydrogen-bond acceptors (Lipinski definition) is 3. The van der Waals surface area contributed by atoms with Gasteiger partial charge in [0.2, 0.25) is 0 Å². The van der Waals surface area contributed by atoms with Crippen molar-refractivity contribution in [3.8, 4) is 17.2 Å². The molecule has 0 fully saturated rings. The molecule has 1 aromatic carbocycles. The summed E-state index contributed by atoms with van der Waals surface area (Å²) in [5, 5.41) is 0. The molecule has 3 rings (SSSR count). The summed E-state index contributed by atoms with van der Waals surface area (Å²) >= 11 is 0. The molecule has 0 saturated heterocycles. The minimum absolute atomic E-state index is 0.220. The maximum absolute atomic E-state index is 13.8. The zero-order valence-corrected chi connectivity index (χ0v) is 9.99. The molecule has 0 atom stereocenters. The standard InChI is InChI=1S/C14H11FN4/c15-12-5-2-6-17-14(12)19-8-7-18-13(19)10-3-1-4-11(16)9-10/h1-9H,16H2. The van der Waals surface area contributed by atoms with E-state index in [1.807, 2.05) is 12.1 Å². The summed E-state index contributed by atoms with van der Waals surface area (Å²) in [6.45, 7) is 0. The molecule has 0 unspecified atom stereocenters. The highest BCUT2D eigenvalue weighted by Gasteiger charge is 2.11. The average Bonchev–Trinajstić information content (AvgIpc) is 2.88. The van der Waals surface area contributed by atoms with Crippen molar-refractivity contribution < 1.29 is 4.39 Å². The van der Waals surface area contributed by atoms with Crippen LogP contribution in [0.3, 0.4) is 0 Å². The number of nitrogen functional groups attached to an aromatic ring is 1. The van der Waals surface area contributed by atoms with Crippen LogP contribution in [0.1, 0.15) is 0 Å². The summed E-state index contributed by atoms with van der Waals surface area (Å²) in [5.41, 5.74) is 7.20. The van der Waals surface area contributed by atoms with Crippen LogP contribution >= 0.6 is 0 Å². The molecule has 94 valence electrons. The number of anilines is 1. The summed E-state index contributed by atoms with van der Waals surface area (Å²) in [6, 6.07) is 10.2. The fourth-order valence-corrected chi connectivity index (χ4v) is 1.92. The third kappa shape index (κ3) is 2.06. The van der Waals surface area contributed by atoms with Gasteiger partial charge in [-0.2, -0.15) is 0 Å². The first kappa shape index (κ1) is 11.4. The highest BCUT2D eigenvalue weighted by molar-refractivity contribution is 5.63. The summed E-state index contributed by atoms with van der Waals surface area (Å²) in [5.74, 6) is 0.424. The number of nitrogens with two attached hydrogens (primary N) is 1. The van der Waals surface area contributed by atoms with Gasteiger partial charge >= 0.3 is 0 Å². The van der Waals surface area contributed by atoms with Gasteiger partial charge < -0.3 is 5.73 Å². The lowest BCUT2D eigenvalue weighted by atomic mass is 10.2. The minimum Gasteiger partial charge on any atom is -0.399 e. The van der Waals surface area contributed by atoms with Crippen molar-refractivity contribution >= 4 is 5.69 Å². The lowest BCUT2D eigenvalue weighted by Gasteiger charge is -2.08. The Morgan fingerprint density at radius 2 is 1.95 bits per heavy atom. The molecule has 19 heavy (non-hydrogen) atoms. The van der Waals surface area contributed by atoms with E-state index in [9.17, 15) is 4.39 Å². The number of halogens is 1. The van der Waals surface area contributed by atoms with Gasteiger partial charge in [-0.05, 0) is 24.3 Å². The third-order valence-corrected chi connectivity index (χ3v) is 2.75. The molecular formula is C14H11FN4. The topological polar surface area (TPSA) is 56.7 Å². The second-order valence-electron chi connectivity index (χ2n) is 4.06. The van der Waals surface area contributed by atoms with Gasteiger partial charge in [-0.3, -0.25) is 4.57 Å². The van der Waals surface area contributed by atoms with Crippen LogP contribution in [0.25, 0.3) is 17.2 Å². The fraction of sp³-hybridized carbons (Fsp3) is 0. The second kappa shape index (κ2) is 4.53. The first-order chi connectivity index (χ1) is 9.25. The summed E-state index contributed by atoms with van der Waals surface area (Å²) in [6.07, 6.45) is 4.82. The van der Waals surface area contributed by atoms with Crippen LogP contribution < -0.4 is 5.73 Å². The van der Waals surface area contributed by atoms with Crippen molar-refractivity contribution in [2.45, 2.75) is 0 Å². The van der Waals surface area contributed by atoms with E-state index in [1.165, 1.54) is 6.07 Å². The molecule has 0 spiro atoms. The third-order valence-electron chi connectivity index (χ3n) is 2.75. The first-order valence-electron chi connectivity index (χ1n) is 5.76. The number of rotatable bonds is 2. The van der Waals surface area contributed by atoms with Crippen LogP contribution in [0.5, 0.6) is 0 Å². The van der Waals surface area contributed by atoms with E-state index in [0.717, 1.165) is 5.56 Å². The average molecular weight is 254 g/mol. The molecular weight excluding hydrogens is 243 g/mol. The van der Waals surface area contributed by atoms with E-state index < -0.39 is 5.82 Å². The quantitative estimate of drug-likeness (QED) is 0.715. The van der Waals surface area contributed by atoms with Crippen LogP contribution in [0.4, 0.5) is 10.1 Å². The predicted molar refractivity (Wildman–Crippen MR) is 71.2 cm³/mol. The summed E-state index contributed by atoms with van der Waals surface area (Å²) < 4.78 is 15.4. The second-order valence-corrected chi connectivity index (χ2v) is 4.06. The van der Waals surface area contributed by atoms with Crippen LogP contribution in [-0.4, -0.2) is 14.5 Å². The molecule has 0 saturated carbocycles.